The van der Waals surface area contributed by atoms with Gasteiger partial charge in [-0.1, -0.05) is 0 Å². The molecule has 1 heterocycles. The third-order valence-electron chi connectivity index (χ3n) is 2.37. The number of nitrogens with one attached hydrogen (secondary N) is 2. The first-order valence-corrected chi connectivity index (χ1v) is 6.29. The highest BCUT2D eigenvalue weighted by atomic mass is 16.2. The molecule has 7 nitrogen and oxygen atoms in total. The summed E-state index contributed by atoms with van der Waals surface area (Å²) in [6, 6.07) is 1.47. The number of nitrogens with zero attached hydrogens (tertiary/aromatic N) is 1. The Labute approximate surface area is 118 Å². The number of aromatic nitrogens is 1. The van der Waals surface area contributed by atoms with E-state index in [-0.39, 0.29) is 22.7 Å². The average Bonchev–Trinajstić information content (AvgIpc) is 2.28. The van der Waals surface area contributed by atoms with Crippen molar-refractivity contribution in [2.75, 3.05) is 17.6 Å². The Morgan fingerprint density at radius 2 is 2.00 bits per heavy atom. The smallest absolute Gasteiger partial charge is 0.250 e. The van der Waals surface area contributed by atoms with E-state index in [1.54, 1.807) is 0 Å². The van der Waals surface area contributed by atoms with Crippen molar-refractivity contribution in [2.45, 2.75) is 32.7 Å². The van der Waals surface area contributed by atoms with Gasteiger partial charge in [-0.25, -0.2) is 4.98 Å². The largest absolute Gasteiger partial charge is 0.397 e. The molecular weight excluding hydrogens is 258 g/mol. The summed E-state index contributed by atoms with van der Waals surface area (Å²) in [6.45, 7) is 6.15. The minimum Gasteiger partial charge on any atom is -0.397 e. The van der Waals surface area contributed by atoms with E-state index in [2.05, 4.69) is 15.6 Å². The number of pyridine rings is 1. The highest BCUT2D eigenvalue weighted by Crippen LogP contribution is 2.14. The zero-order chi connectivity index (χ0) is 15.3. The van der Waals surface area contributed by atoms with Crippen LogP contribution in [0.2, 0.25) is 0 Å². The fourth-order valence-corrected chi connectivity index (χ4v) is 1.56. The number of amides is 2. The van der Waals surface area contributed by atoms with Crippen LogP contribution in [0, 0.1) is 0 Å². The maximum absolute atomic E-state index is 11.6. The SMILES string of the molecule is CC(C)(C)NC(=O)CCNc1cc(C(N)=O)c(N)cn1. The third-order valence-corrected chi connectivity index (χ3v) is 2.37. The molecule has 0 bridgehead atoms. The van der Waals surface area contributed by atoms with Crippen LogP contribution in [0.3, 0.4) is 0 Å². The monoisotopic (exact) mass is 279 g/mol. The van der Waals surface area contributed by atoms with Gasteiger partial charge in [0.15, 0.2) is 0 Å². The Balaban J connectivity index is 2.53. The number of primary amides is 1. The van der Waals surface area contributed by atoms with Gasteiger partial charge in [0.05, 0.1) is 17.4 Å². The van der Waals surface area contributed by atoms with Gasteiger partial charge < -0.3 is 22.1 Å². The Bertz CT molecular complexity index is 508. The molecule has 1 aromatic heterocycles. The van der Waals surface area contributed by atoms with E-state index < -0.39 is 5.91 Å². The lowest BCUT2D eigenvalue weighted by molar-refractivity contribution is -0.122. The number of carbonyl (C=O) groups is 2. The van der Waals surface area contributed by atoms with Gasteiger partial charge in [0.2, 0.25) is 5.91 Å². The van der Waals surface area contributed by atoms with Crippen LogP contribution in [0.1, 0.15) is 37.6 Å². The van der Waals surface area contributed by atoms with E-state index in [1.807, 2.05) is 20.8 Å². The summed E-state index contributed by atoms with van der Waals surface area (Å²) in [7, 11) is 0. The molecule has 0 unspecified atom stereocenters. The maximum Gasteiger partial charge on any atom is 0.250 e. The van der Waals surface area contributed by atoms with Crippen molar-refractivity contribution < 1.29 is 9.59 Å². The van der Waals surface area contributed by atoms with Gasteiger partial charge in [-0.2, -0.15) is 0 Å². The molecule has 1 aromatic rings. The van der Waals surface area contributed by atoms with Gasteiger partial charge in [0.1, 0.15) is 5.82 Å². The summed E-state index contributed by atoms with van der Waals surface area (Å²) in [5.41, 5.74) is 11.0. The highest BCUT2D eigenvalue weighted by molar-refractivity contribution is 5.98. The fourth-order valence-electron chi connectivity index (χ4n) is 1.56. The zero-order valence-corrected chi connectivity index (χ0v) is 12.0. The van der Waals surface area contributed by atoms with Crippen LogP contribution in [0.15, 0.2) is 12.3 Å². The van der Waals surface area contributed by atoms with Gasteiger partial charge in [0.25, 0.3) is 5.91 Å². The Kier molecular flexibility index (Phi) is 4.90. The van der Waals surface area contributed by atoms with Gasteiger partial charge in [-0.05, 0) is 26.8 Å². The quantitative estimate of drug-likeness (QED) is 0.624. The average molecular weight is 279 g/mol. The number of hydrogen-bond acceptors (Lipinski definition) is 5. The van der Waals surface area contributed by atoms with E-state index in [0.717, 1.165) is 0 Å². The maximum atomic E-state index is 11.6. The van der Waals surface area contributed by atoms with E-state index >= 15 is 0 Å². The molecule has 0 aliphatic rings. The number of nitrogens with two attached hydrogens (primary N) is 2. The second-order valence-corrected chi connectivity index (χ2v) is 5.50. The summed E-state index contributed by atoms with van der Waals surface area (Å²) in [4.78, 5) is 26.8. The summed E-state index contributed by atoms with van der Waals surface area (Å²) in [5.74, 6) is -0.217. The molecule has 0 radical (unpaired) electrons. The molecule has 7 heteroatoms. The Hall–Kier alpha value is -2.31. The fraction of sp³-hybridized carbons (Fsp3) is 0.462. The summed E-state index contributed by atoms with van der Waals surface area (Å²) < 4.78 is 0. The topological polar surface area (TPSA) is 123 Å². The van der Waals surface area contributed by atoms with Crippen LogP contribution in [-0.4, -0.2) is 28.9 Å². The molecule has 0 saturated heterocycles. The highest BCUT2D eigenvalue weighted by Gasteiger charge is 2.13. The molecule has 110 valence electrons. The standard InChI is InChI=1S/C13H21N5O2/c1-13(2,3)18-11(19)4-5-16-10-6-8(12(15)20)9(14)7-17-10/h6-7H,4-5,14H2,1-3H3,(H2,15,20)(H,16,17)(H,18,19). The van der Waals surface area contributed by atoms with Crippen molar-refractivity contribution in [1.29, 1.82) is 0 Å². The molecule has 2 amide bonds. The minimum absolute atomic E-state index is 0.0597. The van der Waals surface area contributed by atoms with Gasteiger partial charge in [-0.15, -0.1) is 0 Å². The molecule has 1 rings (SSSR count). The lowest BCUT2D eigenvalue weighted by Gasteiger charge is -2.20. The second kappa shape index (κ2) is 6.23. The van der Waals surface area contributed by atoms with Crippen LogP contribution < -0.4 is 22.1 Å². The molecule has 0 aromatic carbocycles. The van der Waals surface area contributed by atoms with E-state index in [9.17, 15) is 9.59 Å². The van der Waals surface area contributed by atoms with Crippen molar-refractivity contribution in [2.24, 2.45) is 5.73 Å². The van der Waals surface area contributed by atoms with Crippen molar-refractivity contribution in [1.82, 2.24) is 10.3 Å². The Morgan fingerprint density at radius 1 is 1.35 bits per heavy atom. The van der Waals surface area contributed by atoms with Crippen LogP contribution in [0.25, 0.3) is 0 Å². The second-order valence-electron chi connectivity index (χ2n) is 5.50. The summed E-state index contributed by atoms with van der Waals surface area (Å²) in [5, 5.41) is 5.80. The molecule has 0 saturated carbocycles. The van der Waals surface area contributed by atoms with Gasteiger partial charge >= 0.3 is 0 Å². The normalized spacial score (nSPS) is 10.9. The summed E-state index contributed by atoms with van der Waals surface area (Å²) >= 11 is 0. The predicted octanol–water partition coefficient (Wildman–Crippen LogP) is 0.479. The molecule has 0 aliphatic carbocycles. The van der Waals surface area contributed by atoms with Crippen LogP contribution in [0.4, 0.5) is 11.5 Å². The number of hydrogen-bond donors (Lipinski definition) is 4. The molecule has 0 fully saturated rings. The number of carbonyl (C=O) groups excluding carboxylic acids is 2. The first kappa shape index (κ1) is 15.7. The molecule has 20 heavy (non-hydrogen) atoms. The Morgan fingerprint density at radius 3 is 2.55 bits per heavy atom. The van der Waals surface area contributed by atoms with Crippen LogP contribution >= 0.6 is 0 Å². The molecule has 0 atom stereocenters. The number of anilines is 2. The van der Waals surface area contributed by atoms with E-state index in [4.69, 9.17) is 11.5 Å². The van der Waals surface area contributed by atoms with E-state index in [1.165, 1.54) is 12.3 Å². The van der Waals surface area contributed by atoms with E-state index in [0.29, 0.717) is 18.8 Å². The van der Waals surface area contributed by atoms with Crippen molar-refractivity contribution in [3.8, 4) is 0 Å². The lowest BCUT2D eigenvalue weighted by Crippen LogP contribution is -2.41. The predicted molar refractivity (Wildman–Crippen MR) is 78.2 cm³/mol. The van der Waals surface area contributed by atoms with Crippen molar-refractivity contribution in [3.05, 3.63) is 17.8 Å². The first-order chi connectivity index (χ1) is 9.19. The van der Waals surface area contributed by atoms with Gasteiger partial charge in [0, 0.05) is 18.5 Å². The summed E-state index contributed by atoms with van der Waals surface area (Å²) in [6.07, 6.45) is 1.66. The molecular formula is C13H21N5O2. The number of nitrogen functional groups attached to an aromatic ring is 1. The van der Waals surface area contributed by atoms with Crippen molar-refractivity contribution >= 4 is 23.3 Å². The first-order valence-electron chi connectivity index (χ1n) is 6.29. The minimum atomic E-state index is -0.613. The molecule has 0 aliphatic heterocycles. The molecule has 0 spiro atoms. The lowest BCUT2D eigenvalue weighted by atomic mass is 10.1. The third kappa shape index (κ3) is 5.13. The molecule has 6 N–H and O–H groups in total. The number of rotatable bonds is 5. The zero-order valence-electron chi connectivity index (χ0n) is 12.0. The van der Waals surface area contributed by atoms with Gasteiger partial charge in [-0.3, -0.25) is 9.59 Å². The van der Waals surface area contributed by atoms with Crippen molar-refractivity contribution in [3.63, 3.8) is 0 Å². The van der Waals surface area contributed by atoms with Crippen LogP contribution in [0.5, 0.6) is 0 Å². The van der Waals surface area contributed by atoms with Crippen LogP contribution in [-0.2, 0) is 4.79 Å².